The Hall–Kier alpha value is -3.83. The molecular weight excluding hydrogens is 382 g/mol. The van der Waals surface area contributed by atoms with Crippen molar-refractivity contribution in [3.63, 3.8) is 0 Å². The molecule has 3 N–H and O–H groups in total. The van der Waals surface area contributed by atoms with Crippen LogP contribution in [-0.4, -0.2) is 26.7 Å². The van der Waals surface area contributed by atoms with Crippen LogP contribution in [0.15, 0.2) is 85.3 Å². The molecule has 5 rings (SSSR count). The molecule has 31 heavy (non-hydrogen) atoms. The fourth-order valence-corrected chi connectivity index (χ4v) is 3.90. The number of aryl methyl sites for hydroxylation is 1. The molecule has 0 saturated carbocycles. The molecule has 3 heterocycles. The first-order valence-corrected chi connectivity index (χ1v) is 10.5. The lowest BCUT2D eigenvalue weighted by molar-refractivity contribution is 0.833. The molecule has 152 valence electrons. The van der Waals surface area contributed by atoms with Crippen molar-refractivity contribution < 1.29 is 0 Å². The minimum absolute atomic E-state index is 0.708. The van der Waals surface area contributed by atoms with E-state index in [2.05, 4.69) is 69.8 Å². The van der Waals surface area contributed by atoms with Crippen LogP contribution in [0.5, 0.6) is 0 Å². The molecule has 0 saturated heterocycles. The number of rotatable bonds is 6. The summed E-state index contributed by atoms with van der Waals surface area (Å²) in [6.07, 6.45) is 7.44. The van der Waals surface area contributed by atoms with E-state index >= 15 is 0 Å². The summed E-state index contributed by atoms with van der Waals surface area (Å²) < 4.78 is 0. The van der Waals surface area contributed by atoms with E-state index in [0.29, 0.717) is 6.54 Å². The lowest BCUT2D eigenvalue weighted by Gasteiger charge is -2.13. The summed E-state index contributed by atoms with van der Waals surface area (Å²) in [5.74, 6) is 0. The van der Waals surface area contributed by atoms with Crippen LogP contribution in [0.4, 0.5) is 0 Å². The van der Waals surface area contributed by atoms with Crippen molar-refractivity contribution in [3.8, 4) is 33.6 Å². The minimum atomic E-state index is 0.708. The molecule has 5 heteroatoms. The molecule has 0 amide bonds. The van der Waals surface area contributed by atoms with Gasteiger partial charge >= 0.3 is 0 Å². The van der Waals surface area contributed by atoms with Gasteiger partial charge in [0.15, 0.2) is 0 Å². The first-order valence-electron chi connectivity index (χ1n) is 10.5. The third kappa shape index (κ3) is 3.83. The average Bonchev–Trinajstić information content (AvgIpc) is 3.37. The molecular formula is C26H23N5. The molecule has 0 unspecified atom stereocenters. The Morgan fingerprint density at radius 2 is 1.68 bits per heavy atom. The van der Waals surface area contributed by atoms with E-state index in [9.17, 15) is 0 Å². The van der Waals surface area contributed by atoms with Gasteiger partial charge in [0.05, 0.1) is 23.1 Å². The molecule has 0 spiro atoms. The Morgan fingerprint density at radius 1 is 0.839 bits per heavy atom. The van der Waals surface area contributed by atoms with Crippen molar-refractivity contribution in [2.45, 2.75) is 12.8 Å². The summed E-state index contributed by atoms with van der Waals surface area (Å²) in [5.41, 5.74) is 14.0. The van der Waals surface area contributed by atoms with E-state index in [4.69, 9.17) is 10.7 Å². The van der Waals surface area contributed by atoms with E-state index in [1.807, 2.05) is 18.3 Å². The molecule has 0 bridgehead atoms. The third-order valence-electron chi connectivity index (χ3n) is 5.50. The number of aromatic amines is 1. The third-order valence-corrected chi connectivity index (χ3v) is 5.50. The summed E-state index contributed by atoms with van der Waals surface area (Å²) in [7, 11) is 0. The second-order valence-corrected chi connectivity index (χ2v) is 7.55. The van der Waals surface area contributed by atoms with Crippen molar-refractivity contribution in [1.82, 2.24) is 20.2 Å². The standard InChI is InChI=1S/C26H23N5/c27-13-4-5-18-8-10-20(11-9-18)26-22(19-6-2-1-3-7-19)15-23-24(31-26)12-14-28-25(23)21-16-29-30-17-21/h1-3,6-12,14-17H,4-5,13,27H2,(H,29,30). The summed E-state index contributed by atoms with van der Waals surface area (Å²) in [5, 5.41) is 7.97. The second kappa shape index (κ2) is 8.50. The zero-order valence-corrected chi connectivity index (χ0v) is 17.1. The molecule has 0 aliphatic heterocycles. The van der Waals surface area contributed by atoms with Crippen molar-refractivity contribution in [3.05, 3.63) is 90.9 Å². The Kier molecular flexibility index (Phi) is 5.25. The van der Waals surface area contributed by atoms with Crippen LogP contribution in [0.2, 0.25) is 0 Å². The van der Waals surface area contributed by atoms with Gasteiger partial charge in [-0.25, -0.2) is 4.98 Å². The van der Waals surface area contributed by atoms with Crippen molar-refractivity contribution >= 4 is 10.9 Å². The van der Waals surface area contributed by atoms with Crippen LogP contribution in [0, 0.1) is 0 Å². The number of nitrogens with two attached hydrogens (primary N) is 1. The van der Waals surface area contributed by atoms with Gasteiger partial charge in [-0.05, 0) is 42.6 Å². The highest BCUT2D eigenvalue weighted by atomic mass is 15.1. The average molecular weight is 406 g/mol. The number of benzene rings is 2. The van der Waals surface area contributed by atoms with Gasteiger partial charge in [0.2, 0.25) is 0 Å². The molecule has 5 nitrogen and oxygen atoms in total. The molecule has 0 radical (unpaired) electrons. The largest absolute Gasteiger partial charge is 0.330 e. The van der Waals surface area contributed by atoms with Crippen molar-refractivity contribution in [1.29, 1.82) is 0 Å². The zero-order chi connectivity index (χ0) is 21.0. The predicted octanol–water partition coefficient (Wildman–Crippen LogP) is 5.25. The van der Waals surface area contributed by atoms with Crippen molar-refractivity contribution in [2.24, 2.45) is 5.73 Å². The quantitative estimate of drug-likeness (QED) is 0.404. The number of H-pyrrole nitrogens is 1. The molecule has 0 aliphatic rings. The van der Waals surface area contributed by atoms with Gasteiger partial charge in [0, 0.05) is 34.5 Å². The Morgan fingerprint density at radius 3 is 2.42 bits per heavy atom. The van der Waals surface area contributed by atoms with Gasteiger partial charge in [-0.2, -0.15) is 5.10 Å². The number of aromatic nitrogens is 4. The smallest absolute Gasteiger partial charge is 0.0827 e. The molecule has 0 atom stereocenters. The van der Waals surface area contributed by atoms with E-state index in [-0.39, 0.29) is 0 Å². The SMILES string of the molecule is NCCCc1ccc(-c2nc3ccnc(-c4cn[nH]c4)c3cc2-c2ccccc2)cc1. The monoisotopic (exact) mass is 405 g/mol. The number of hydrogen-bond acceptors (Lipinski definition) is 4. The van der Waals surface area contributed by atoms with Gasteiger partial charge in [-0.3, -0.25) is 10.1 Å². The molecule has 2 aromatic carbocycles. The van der Waals surface area contributed by atoms with Gasteiger partial charge < -0.3 is 5.73 Å². The van der Waals surface area contributed by atoms with E-state index in [0.717, 1.165) is 57.4 Å². The Bertz CT molecular complexity index is 1290. The highest BCUT2D eigenvalue weighted by Gasteiger charge is 2.15. The highest BCUT2D eigenvalue weighted by molar-refractivity contribution is 5.98. The topological polar surface area (TPSA) is 80.5 Å². The number of hydrogen-bond donors (Lipinski definition) is 2. The normalized spacial score (nSPS) is 11.1. The van der Waals surface area contributed by atoms with Gasteiger partial charge in [0.25, 0.3) is 0 Å². The zero-order valence-electron chi connectivity index (χ0n) is 17.1. The Balaban J connectivity index is 1.70. The van der Waals surface area contributed by atoms with Gasteiger partial charge in [0.1, 0.15) is 0 Å². The summed E-state index contributed by atoms with van der Waals surface area (Å²) in [4.78, 5) is 9.71. The van der Waals surface area contributed by atoms with Crippen LogP contribution in [0.3, 0.4) is 0 Å². The molecule has 0 aliphatic carbocycles. The number of fused-ring (bicyclic) bond motifs is 1. The van der Waals surface area contributed by atoms with Gasteiger partial charge in [-0.15, -0.1) is 0 Å². The number of nitrogens with one attached hydrogen (secondary N) is 1. The van der Waals surface area contributed by atoms with Gasteiger partial charge in [-0.1, -0.05) is 54.6 Å². The lowest BCUT2D eigenvalue weighted by Crippen LogP contribution is -2.00. The first-order chi connectivity index (χ1) is 15.3. The van der Waals surface area contributed by atoms with E-state index < -0.39 is 0 Å². The second-order valence-electron chi connectivity index (χ2n) is 7.55. The lowest BCUT2D eigenvalue weighted by atomic mass is 9.95. The van der Waals surface area contributed by atoms with Crippen LogP contribution < -0.4 is 5.73 Å². The fraction of sp³-hybridized carbons (Fsp3) is 0.115. The van der Waals surface area contributed by atoms with E-state index in [1.54, 1.807) is 12.4 Å². The predicted molar refractivity (Wildman–Crippen MR) is 125 cm³/mol. The summed E-state index contributed by atoms with van der Waals surface area (Å²) in [6, 6.07) is 23.2. The summed E-state index contributed by atoms with van der Waals surface area (Å²) in [6.45, 7) is 0.708. The van der Waals surface area contributed by atoms with Crippen LogP contribution >= 0.6 is 0 Å². The molecule has 0 fully saturated rings. The maximum atomic E-state index is 5.66. The summed E-state index contributed by atoms with van der Waals surface area (Å²) >= 11 is 0. The maximum Gasteiger partial charge on any atom is 0.0827 e. The fourth-order valence-electron chi connectivity index (χ4n) is 3.90. The maximum absolute atomic E-state index is 5.66. The van der Waals surface area contributed by atoms with Crippen LogP contribution in [0.1, 0.15) is 12.0 Å². The molecule has 3 aromatic heterocycles. The van der Waals surface area contributed by atoms with Crippen LogP contribution in [0.25, 0.3) is 44.5 Å². The van der Waals surface area contributed by atoms with Crippen LogP contribution in [-0.2, 0) is 6.42 Å². The molecule has 5 aromatic rings. The minimum Gasteiger partial charge on any atom is -0.330 e. The number of pyridine rings is 2. The van der Waals surface area contributed by atoms with Crippen molar-refractivity contribution in [2.75, 3.05) is 6.54 Å². The first kappa shape index (κ1) is 19.2. The highest BCUT2D eigenvalue weighted by Crippen LogP contribution is 2.36. The number of nitrogens with zero attached hydrogens (tertiary/aromatic N) is 3. The Labute approximate surface area is 181 Å². The van der Waals surface area contributed by atoms with E-state index in [1.165, 1.54) is 5.56 Å².